The molecule has 1 atom stereocenters. The van der Waals surface area contributed by atoms with E-state index in [0.29, 0.717) is 6.04 Å². The summed E-state index contributed by atoms with van der Waals surface area (Å²) in [5, 5.41) is 1.68. The molecule has 2 heteroatoms. The molecule has 0 saturated carbocycles. The molecule has 0 aliphatic carbocycles. The first kappa shape index (κ1) is 7.56. The van der Waals surface area contributed by atoms with Crippen LogP contribution < -0.4 is 5.31 Å². The molecule has 1 N–H and O–H groups in total. The largest absolute Gasteiger partial charge is 0.312 e. The van der Waals surface area contributed by atoms with Gasteiger partial charge in [0.2, 0.25) is 0 Å². The maximum absolute atomic E-state index is 7.58. The zero-order chi connectivity index (χ0) is 9.35. The summed E-state index contributed by atoms with van der Waals surface area (Å²) in [6, 6.07) is 0.373. The molecule has 1 aliphatic heterocycles. The minimum absolute atomic E-state index is 0.259. The SMILES string of the molecule is [3H]N1CCN(C(C)(C)C)C[C@@H]1C. The van der Waals surface area contributed by atoms with Gasteiger partial charge in [-0.1, -0.05) is 0 Å². The molecule has 1 heterocycles. The van der Waals surface area contributed by atoms with E-state index in [1.807, 2.05) is 0 Å². The van der Waals surface area contributed by atoms with E-state index in [9.17, 15) is 0 Å². The number of hydrogen-bond donors (Lipinski definition) is 1. The monoisotopic (exact) mass is 158 g/mol. The second kappa shape index (κ2) is 3.11. The van der Waals surface area contributed by atoms with E-state index in [0.717, 1.165) is 19.6 Å². The van der Waals surface area contributed by atoms with Gasteiger partial charge in [0.1, 0.15) is 1.41 Å². The first-order valence-corrected chi connectivity index (χ1v) is 4.42. The second-order valence-corrected chi connectivity index (χ2v) is 4.37. The zero-order valence-corrected chi connectivity index (χ0v) is 8.09. The van der Waals surface area contributed by atoms with E-state index >= 15 is 0 Å². The summed E-state index contributed by atoms with van der Waals surface area (Å²) in [4.78, 5) is 2.45. The molecule has 1 aliphatic rings. The van der Waals surface area contributed by atoms with Crippen LogP contribution in [0.5, 0.6) is 0 Å². The number of nitrogens with zero attached hydrogens (tertiary/aromatic N) is 1. The molecule has 11 heavy (non-hydrogen) atoms. The Morgan fingerprint density at radius 1 is 1.55 bits per heavy atom. The van der Waals surface area contributed by atoms with Crippen LogP contribution in [0, 0.1) is 0 Å². The number of rotatable bonds is 0. The number of piperazine rings is 1. The summed E-state index contributed by atoms with van der Waals surface area (Å²) in [5.74, 6) is 0. The topological polar surface area (TPSA) is 15.3 Å². The van der Waals surface area contributed by atoms with Crippen molar-refractivity contribution >= 4 is 0 Å². The highest BCUT2D eigenvalue weighted by Crippen LogP contribution is 2.14. The lowest BCUT2D eigenvalue weighted by Crippen LogP contribution is -2.55. The van der Waals surface area contributed by atoms with Crippen LogP contribution in [0.25, 0.3) is 0 Å². The molecule has 0 amide bonds. The molecule has 0 bridgehead atoms. The van der Waals surface area contributed by atoms with Gasteiger partial charge >= 0.3 is 0 Å². The normalized spacial score (nSPS) is 32.0. The van der Waals surface area contributed by atoms with Crippen molar-refractivity contribution in [2.45, 2.75) is 39.3 Å². The van der Waals surface area contributed by atoms with Crippen molar-refractivity contribution in [1.29, 1.82) is 0 Å². The summed E-state index contributed by atoms with van der Waals surface area (Å²) < 4.78 is 7.58. The van der Waals surface area contributed by atoms with E-state index in [-0.39, 0.29) is 5.54 Å². The Hall–Kier alpha value is -0.0800. The predicted octanol–water partition coefficient (Wildman–Crippen LogP) is 1.08. The minimum atomic E-state index is 0.259. The molecule has 0 aromatic heterocycles. The van der Waals surface area contributed by atoms with Crippen molar-refractivity contribution in [3.05, 3.63) is 0 Å². The van der Waals surface area contributed by atoms with Crippen molar-refractivity contribution in [2.75, 3.05) is 19.6 Å². The lowest BCUT2D eigenvalue weighted by atomic mass is 10.0. The van der Waals surface area contributed by atoms with Crippen molar-refractivity contribution in [3.63, 3.8) is 0 Å². The van der Waals surface area contributed by atoms with Gasteiger partial charge in [0.05, 0.1) is 0 Å². The number of hydrogen-bond acceptors (Lipinski definition) is 2. The van der Waals surface area contributed by atoms with Gasteiger partial charge in [0, 0.05) is 31.2 Å². The summed E-state index contributed by atoms with van der Waals surface area (Å²) in [5.41, 5.74) is 0.259. The third-order valence-corrected chi connectivity index (χ3v) is 2.24. The fraction of sp³-hybridized carbons (Fsp3) is 1.00. The van der Waals surface area contributed by atoms with Gasteiger partial charge in [0.25, 0.3) is 0 Å². The quantitative estimate of drug-likeness (QED) is 0.567. The lowest BCUT2D eigenvalue weighted by Gasteiger charge is -2.41. The molecule has 0 aromatic carbocycles. The standard InChI is InChI=1S/C9H20N2/c1-8-7-11(6-5-10-8)9(2,3)4/h8,10H,5-7H2,1-4H3/t8-/m0/s1/i/hT. The Kier molecular flexibility index (Phi) is 2.14. The van der Waals surface area contributed by atoms with E-state index < -0.39 is 0 Å². The van der Waals surface area contributed by atoms with Gasteiger partial charge in [-0.3, -0.25) is 4.90 Å². The van der Waals surface area contributed by atoms with E-state index in [1.165, 1.54) is 0 Å². The van der Waals surface area contributed by atoms with Gasteiger partial charge in [-0.05, 0) is 27.7 Å². The van der Waals surface area contributed by atoms with Crippen LogP contribution in [0.2, 0.25) is 1.41 Å². The Morgan fingerprint density at radius 3 is 2.64 bits per heavy atom. The molecule has 0 unspecified atom stereocenters. The van der Waals surface area contributed by atoms with E-state index in [4.69, 9.17) is 1.41 Å². The Bertz CT molecular complexity index is 153. The molecule has 0 radical (unpaired) electrons. The lowest BCUT2D eigenvalue weighted by molar-refractivity contribution is 0.0998. The minimum Gasteiger partial charge on any atom is -0.312 e. The van der Waals surface area contributed by atoms with Crippen LogP contribution in [-0.4, -0.2) is 36.1 Å². The average Bonchev–Trinajstić information content (AvgIpc) is 1.92. The molecule has 1 fully saturated rings. The maximum Gasteiger partial charge on any atom is 0.123 e. The van der Waals surface area contributed by atoms with Crippen LogP contribution in [0.3, 0.4) is 0 Å². The predicted molar refractivity (Wildman–Crippen MR) is 48.8 cm³/mol. The van der Waals surface area contributed by atoms with Gasteiger partial charge in [-0.2, -0.15) is 0 Å². The van der Waals surface area contributed by atoms with Crippen LogP contribution in [0.1, 0.15) is 27.7 Å². The summed E-state index contributed by atoms with van der Waals surface area (Å²) >= 11 is 0. The molecule has 0 aromatic rings. The van der Waals surface area contributed by atoms with Crippen LogP contribution in [0.4, 0.5) is 0 Å². The van der Waals surface area contributed by atoms with Crippen LogP contribution >= 0.6 is 0 Å². The molecule has 66 valence electrons. The smallest absolute Gasteiger partial charge is 0.123 e. The highest BCUT2D eigenvalue weighted by molar-refractivity contribution is 4.83. The Balaban J connectivity index is 2.51. The summed E-state index contributed by atoms with van der Waals surface area (Å²) in [7, 11) is 0. The van der Waals surface area contributed by atoms with Crippen molar-refractivity contribution in [2.24, 2.45) is 0 Å². The highest BCUT2D eigenvalue weighted by Gasteiger charge is 2.25. The Morgan fingerprint density at radius 2 is 2.18 bits per heavy atom. The van der Waals surface area contributed by atoms with Gasteiger partial charge in [0.15, 0.2) is 0 Å². The van der Waals surface area contributed by atoms with E-state index in [2.05, 4.69) is 32.6 Å². The van der Waals surface area contributed by atoms with E-state index in [1.54, 1.807) is 5.31 Å². The van der Waals surface area contributed by atoms with Gasteiger partial charge in [-0.25, -0.2) is 0 Å². The molecular formula is C9H20N2. The average molecular weight is 158 g/mol. The first-order valence-electron chi connectivity index (χ1n) is 4.86. The van der Waals surface area contributed by atoms with Crippen molar-refractivity contribution in [3.8, 4) is 0 Å². The fourth-order valence-corrected chi connectivity index (χ4v) is 1.48. The number of nitrogens with one attached hydrogen (secondary N) is 1. The highest BCUT2D eigenvalue weighted by atomic mass is 15.2. The van der Waals surface area contributed by atoms with Gasteiger partial charge < -0.3 is 5.31 Å². The van der Waals surface area contributed by atoms with Crippen LogP contribution in [0.15, 0.2) is 0 Å². The molecule has 1 saturated heterocycles. The maximum atomic E-state index is 7.58. The molecule has 0 spiro atoms. The Labute approximate surface area is 71.4 Å². The molecule has 1 rings (SSSR count). The zero-order valence-electron chi connectivity index (χ0n) is 9.09. The summed E-state index contributed by atoms with van der Waals surface area (Å²) in [6.07, 6.45) is 0. The fourth-order valence-electron chi connectivity index (χ4n) is 1.48. The van der Waals surface area contributed by atoms with Crippen LogP contribution in [-0.2, 0) is 0 Å². The summed E-state index contributed by atoms with van der Waals surface area (Å²) in [6.45, 7) is 11.7. The van der Waals surface area contributed by atoms with Crippen molar-refractivity contribution < 1.29 is 1.41 Å². The third kappa shape index (κ3) is 2.46. The van der Waals surface area contributed by atoms with Crippen molar-refractivity contribution in [1.82, 2.24) is 10.2 Å². The molecule has 2 nitrogen and oxygen atoms in total. The molecular weight excluding hydrogens is 136 g/mol. The first-order chi connectivity index (χ1) is 5.41. The third-order valence-electron chi connectivity index (χ3n) is 2.24. The van der Waals surface area contributed by atoms with Gasteiger partial charge in [-0.15, -0.1) is 0 Å². The second-order valence-electron chi connectivity index (χ2n) is 4.37.